The molecule has 3 aromatic rings. The molecule has 0 saturated heterocycles. The summed E-state index contributed by atoms with van der Waals surface area (Å²) in [4.78, 5) is 27.0. The number of carbonyl (C=O) groups excluding carboxylic acids is 2. The molecule has 0 unspecified atom stereocenters. The zero-order valence-corrected chi connectivity index (χ0v) is 17.5. The van der Waals surface area contributed by atoms with E-state index >= 15 is 0 Å². The Morgan fingerprint density at radius 2 is 1.82 bits per heavy atom. The monoisotopic (exact) mass is 431 g/mol. The number of hydrogen-bond donors (Lipinski definition) is 1. The van der Waals surface area contributed by atoms with Gasteiger partial charge in [-0.15, -0.1) is 23.1 Å². The van der Waals surface area contributed by atoms with Crippen LogP contribution in [0.5, 0.6) is 0 Å². The standard InChI is InChI=1S/C21H18ClNO3S2/c1-2-26-21(25)20-17(12-18(28-20)14-6-4-3-5-7-14)23-19(24)13-27-16-10-8-15(22)9-11-16/h3-12H,2,13H2,1H3,(H,23,24). The Hall–Kier alpha value is -2.28. The first kappa shape index (κ1) is 20.5. The number of esters is 1. The number of thiophene rings is 1. The fourth-order valence-corrected chi connectivity index (χ4v) is 4.28. The van der Waals surface area contributed by atoms with Crippen LogP contribution in [0.3, 0.4) is 0 Å². The summed E-state index contributed by atoms with van der Waals surface area (Å²) in [5.74, 6) is -0.404. The van der Waals surface area contributed by atoms with Crippen LogP contribution in [0.15, 0.2) is 65.6 Å². The highest BCUT2D eigenvalue weighted by Crippen LogP contribution is 2.35. The van der Waals surface area contributed by atoms with Crippen molar-refractivity contribution in [1.82, 2.24) is 0 Å². The third kappa shape index (κ3) is 5.38. The number of hydrogen-bond acceptors (Lipinski definition) is 5. The number of nitrogens with one attached hydrogen (secondary N) is 1. The van der Waals surface area contributed by atoms with Crippen LogP contribution in [0.4, 0.5) is 5.69 Å². The van der Waals surface area contributed by atoms with Crippen LogP contribution in [0, 0.1) is 0 Å². The molecule has 144 valence electrons. The number of ether oxygens (including phenoxy) is 1. The normalized spacial score (nSPS) is 10.5. The Labute approximate surface area is 176 Å². The van der Waals surface area contributed by atoms with Crippen LogP contribution in [0.25, 0.3) is 10.4 Å². The van der Waals surface area contributed by atoms with Crippen LogP contribution in [-0.4, -0.2) is 24.2 Å². The summed E-state index contributed by atoms with van der Waals surface area (Å²) in [6, 6.07) is 18.8. The minimum absolute atomic E-state index is 0.192. The molecule has 0 radical (unpaired) electrons. The number of benzene rings is 2. The third-order valence-electron chi connectivity index (χ3n) is 3.71. The second-order valence-corrected chi connectivity index (χ2v) is 8.27. The van der Waals surface area contributed by atoms with Gasteiger partial charge in [0.1, 0.15) is 4.88 Å². The highest BCUT2D eigenvalue weighted by atomic mass is 35.5. The first-order valence-corrected chi connectivity index (χ1v) is 10.8. The van der Waals surface area contributed by atoms with Gasteiger partial charge in [-0.25, -0.2) is 4.79 Å². The summed E-state index contributed by atoms with van der Waals surface area (Å²) in [6.45, 7) is 2.03. The second kappa shape index (κ2) is 9.78. The molecule has 0 aliphatic rings. The van der Waals surface area contributed by atoms with E-state index < -0.39 is 5.97 Å². The Morgan fingerprint density at radius 1 is 1.11 bits per heavy atom. The van der Waals surface area contributed by atoms with Crippen molar-refractivity contribution >= 4 is 52.3 Å². The average Bonchev–Trinajstić information content (AvgIpc) is 3.12. The largest absolute Gasteiger partial charge is 0.462 e. The first-order chi connectivity index (χ1) is 13.6. The van der Waals surface area contributed by atoms with E-state index in [2.05, 4.69) is 5.32 Å². The lowest BCUT2D eigenvalue weighted by molar-refractivity contribution is -0.113. The molecule has 1 N–H and O–H groups in total. The van der Waals surface area contributed by atoms with E-state index in [4.69, 9.17) is 16.3 Å². The number of carbonyl (C=O) groups is 2. The van der Waals surface area contributed by atoms with Gasteiger partial charge < -0.3 is 10.1 Å². The fourth-order valence-electron chi connectivity index (χ4n) is 2.44. The van der Waals surface area contributed by atoms with Crippen LogP contribution in [-0.2, 0) is 9.53 Å². The van der Waals surface area contributed by atoms with E-state index in [1.165, 1.54) is 23.1 Å². The molecule has 0 bridgehead atoms. The molecule has 0 atom stereocenters. The molecule has 1 amide bonds. The van der Waals surface area contributed by atoms with Crippen molar-refractivity contribution in [2.24, 2.45) is 0 Å². The van der Waals surface area contributed by atoms with E-state index in [1.807, 2.05) is 48.5 Å². The molecule has 0 spiro atoms. The van der Waals surface area contributed by atoms with Crippen molar-refractivity contribution in [2.75, 3.05) is 17.7 Å². The highest BCUT2D eigenvalue weighted by molar-refractivity contribution is 8.00. The van der Waals surface area contributed by atoms with Gasteiger partial charge in [-0.3, -0.25) is 4.79 Å². The van der Waals surface area contributed by atoms with Gasteiger partial charge in [0.15, 0.2) is 0 Å². The van der Waals surface area contributed by atoms with Crippen LogP contribution >= 0.6 is 34.7 Å². The Balaban J connectivity index is 1.75. The maximum absolute atomic E-state index is 12.4. The Bertz CT molecular complexity index is 956. The van der Waals surface area contributed by atoms with Crippen molar-refractivity contribution < 1.29 is 14.3 Å². The smallest absolute Gasteiger partial charge is 0.350 e. The Morgan fingerprint density at radius 3 is 2.50 bits per heavy atom. The highest BCUT2D eigenvalue weighted by Gasteiger charge is 2.20. The minimum atomic E-state index is -0.435. The SMILES string of the molecule is CCOC(=O)c1sc(-c2ccccc2)cc1NC(=O)CSc1ccc(Cl)cc1. The molecule has 3 rings (SSSR count). The Kier molecular flexibility index (Phi) is 7.14. The molecule has 28 heavy (non-hydrogen) atoms. The minimum Gasteiger partial charge on any atom is -0.462 e. The predicted molar refractivity (Wildman–Crippen MR) is 117 cm³/mol. The maximum atomic E-state index is 12.4. The van der Waals surface area contributed by atoms with Gasteiger partial charge in [0.2, 0.25) is 5.91 Å². The van der Waals surface area contributed by atoms with Crippen molar-refractivity contribution in [3.05, 3.63) is 70.6 Å². The molecule has 0 saturated carbocycles. The molecular weight excluding hydrogens is 414 g/mol. The topological polar surface area (TPSA) is 55.4 Å². The van der Waals surface area contributed by atoms with Gasteiger partial charge in [-0.05, 0) is 42.8 Å². The van der Waals surface area contributed by atoms with E-state index in [9.17, 15) is 9.59 Å². The van der Waals surface area contributed by atoms with Gasteiger partial charge >= 0.3 is 5.97 Å². The lowest BCUT2D eigenvalue weighted by Crippen LogP contribution is -2.16. The van der Waals surface area contributed by atoms with Crippen LogP contribution in [0.2, 0.25) is 5.02 Å². The lowest BCUT2D eigenvalue weighted by Gasteiger charge is -2.06. The number of rotatable bonds is 7. The number of thioether (sulfide) groups is 1. The van der Waals surface area contributed by atoms with Crippen molar-refractivity contribution in [1.29, 1.82) is 0 Å². The first-order valence-electron chi connectivity index (χ1n) is 8.61. The fraction of sp³-hybridized carbons (Fsp3) is 0.143. The summed E-state index contributed by atoms with van der Waals surface area (Å²) >= 11 is 8.58. The molecule has 1 heterocycles. The summed E-state index contributed by atoms with van der Waals surface area (Å²) in [5.41, 5.74) is 1.46. The second-order valence-electron chi connectivity index (χ2n) is 5.73. The van der Waals surface area contributed by atoms with Crippen molar-refractivity contribution in [3.8, 4) is 10.4 Å². The molecule has 2 aromatic carbocycles. The number of anilines is 1. The quantitative estimate of drug-likeness (QED) is 0.369. The summed E-state index contributed by atoms with van der Waals surface area (Å²) in [6.07, 6.45) is 0. The average molecular weight is 432 g/mol. The van der Waals surface area contributed by atoms with Gasteiger partial charge in [0.05, 0.1) is 18.0 Å². The summed E-state index contributed by atoms with van der Waals surface area (Å²) in [7, 11) is 0. The third-order valence-corrected chi connectivity index (χ3v) is 6.14. The zero-order valence-electron chi connectivity index (χ0n) is 15.1. The van der Waals surface area contributed by atoms with Gasteiger partial charge in [-0.2, -0.15) is 0 Å². The zero-order chi connectivity index (χ0) is 19.9. The van der Waals surface area contributed by atoms with Crippen molar-refractivity contribution in [2.45, 2.75) is 11.8 Å². The molecule has 0 aliphatic carbocycles. The molecule has 4 nitrogen and oxygen atoms in total. The van der Waals surface area contributed by atoms with E-state index in [1.54, 1.807) is 19.1 Å². The van der Waals surface area contributed by atoms with E-state index in [0.717, 1.165) is 15.3 Å². The molecule has 0 fully saturated rings. The van der Waals surface area contributed by atoms with Gasteiger partial charge in [0.25, 0.3) is 0 Å². The van der Waals surface area contributed by atoms with Crippen LogP contribution < -0.4 is 5.32 Å². The lowest BCUT2D eigenvalue weighted by atomic mass is 10.2. The van der Waals surface area contributed by atoms with Crippen LogP contribution in [0.1, 0.15) is 16.6 Å². The molecule has 1 aromatic heterocycles. The molecular formula is C21H18ClNO3S2. The maximum Gasteiger partial charge on any atom is 0.350 e. The predicted octanol–water partition coefficient (Wildman–Crippen LogP) is 5.98. The van der Waals surface area contributed by atoms with E-state index in [-0.39, 0.29) is 18.3 Å². The number of halogens is 1. The number of amides is 1. The van der Waals surface area contributed by atoms with E-state index in [0.29, 0.717) is 15.6 Å². The summed E-state index contributed by atoms with van der Waals surface area (Å²) < 4.78 is 5.14. The van der Waals surface area contributed by atoms with Crippen molar-refractivity contribution in [3.63, 3.8) is 0 Å². The molecule has 0 aliphatic heterocycles. The molecule has 7 heteroatoms. The van der Waals surface area contributed by atoms with Gasteiger partial charge in [-0.1, -0.05) is 41.9 Å². The van der Waals surface area contributed by atoms with Gasteiger partial charge in [0, 0.05) is 14.8 Å². The summed E-state index contributed by atoms with van der Waals surface area (Å²) in [5, 5.41) is 3.50.